The van der Waals surface area contributed by atoms with Gasteiger partial charge in [0.15, 0.2) is 0 Å². The Bertz CT molecular complexity index is 188. The molecule has 13 heavy (non-hydrogen) atoms. The molecular formula is C11H21NO. The van der Waals surface area contributed by atoms with Crippen LogP contribution in [-0.2, 0) is 4.79 Å². The summed E-state index contributed by atoms with van der Waals surface area (Å²) in [5, 5.41) is 3.19. The van der Waals surface area contributed by atoms with E-state index < -0.39 is 0 Å². The van der Waals surface area contributed by atoms with Crippen molar-refractivity contribution in [2.24, 2.45) is 11.8 Å². The maximum absolute atomic E-state index is 11.4. The van der Waals surface area contributed by atoms with Crippen molar-refractivity contribution in [1.29, 1.82) is 0 Å². The smallest absolute Gasteiger partial charge is 0.220 e. The van der Waals surface area contributed by atoms with Crippen LogP contribution in [0.15, 0.2) is 0 Å². The highest BCUT2D eigenvalue weighted by atomic mass is 16.1. The van der Waals surface area contributed by atoms with Gasteiger partial charge in [-0.25, -0.2) is 0 Å². The average molecular weight is 183 g/mol. The van der Waals surface area contributed by atoms with Crippen LogP contribution in [0.3, 0.4) is 0 Å². The molecule has 0 aromatic rings. The van der Waals surface area contributed by atoms with E-state index in [2.05, 4.69) is 33.0 Å². The van der Waals surface area contributed by atoms with E-state index in [1.807, 2.05) is 0 Å². The van der Waals surface area contributed by atoms with Gasteiger partial charge in [-0.05, 0) is 24.7 Å². The summed E-state index contributed by atoms with van der Waals surface area (Å²) in [5.74, 6) is 1.28. The molecule has 76 valence electrons. The number of rotatable bonds is 2. The highest BCUT2D eigenvalue weighted by Gasteiger charge is 2.40. The lowest BCUT2D eigenvalue weighted by atomic mass is 9.72. The molecule has 1 fully saturated rings. The zero-order valence-corrected chi connectivity index (χ0v) is 9.18. The molecule has 0 atom stereocenters. The molecule has 0 aromatic heterocycles. The number of carbonyl (C=O) groups excluding carboxylic acids is 1. The Morgan fingerprint density at radius 1 is 1.23 bits per heavy atom. The maximum Gasteiger partial charge on any atom is 0.220 e. The number of carbonyl (C=O) groups is 1. The van der Waals surface area contributed by atoms with E-state index in [1.165, 1.54) is 0 Å². The summed E-state index contributed by atoms with van der Waals surface area (Å²) in [7, 11) is 0. The Hall–Kier alpha value is -0.530. The Kier molecular flexibility index (Phi) is 2.99. The highest BCUT2D eigenvalue weighted by molar-refractivity contribution is 5.77. The van der Waals surface area contributed by atoms with Crippen LogP contribution in [-0.4, -0.2) is 11.4 Å². The molecular weight excluding hydrogens is 162 g/mol. The first-order valence-electron chi connectivity index (χ1n) is 5.30. The van der Waals surface area contributed by atoms with Crippen molar-refractivity contribution in [2.75, 3.05) is 0 Å². The van der Waals surface area contributed by atoms with Crippen LogP contribution in [0.5, 0.6) is 0 Å². The molecule has 0 bridgehead atoms. The fourth-order valence-corrected chi connectivity index (χ4v) is 2.46. The standard InChI is InChI=1S/C11H21NO/c1-8(2)11(9(3)4)7-5-6-10(13)12-11/h8-9H,5-7H2,1-4H3,(H,12,13). The molecule has 1 aliphatic rings. The minimum Gasteiger partial charge on any atom is -0.350 e. The molecule has 0 aliphatic carbocycles. The molecule has 1 aliphatic heterocycles. The van der Waals surface area contributed by atoms with E-state index in [0.29, 0.717) is 18.3 Å². The molecule has 0 radical (unpaired) electrons. The summed E-state index contributed by atoms with van der Waals surface area (Å²) in [6.07, 6.45) is 2.89. The van der Waals surface area contributed by atoms with Crippen molar-refractivity contribution in [1.82, 2.24) is 5.32 Å². The Morgan fingerprint density at radius 3 is 2.08 bits per heavy atom. The molecule has 0 unspecified atom stereocenters. The van der Waals surface area contributed by atoms with Crippen molar-refractivity contribution >= 4 is 5.91 Å². The summed E-state index contributed by atoms with van der Waals surface area (Å²) >= 11 is 0. The van der Waals surface area contributed by atoms with E-state index in [-0.39, 0.29) is 11.4 Å². The number of hydrogen-bond acceptors (Lipinski definition) is 1. The lowest BCUT2D eigenvalue weighted by Gasteiger charge is -2.45. The van der Waals surface area contributed by atoms with Gasteiger partial charge in [-0.3, -0.25) is 4.79 Å². The van der Waals surface area contributed by atoms with Crippen molar-refractivity contribution < 1.29 is 4.79 Å². The van der Waals surface area contributed by atoms with E-state index in [4.69, 9.17) is 0 Å². The molecule has 1 N–H and O–H groups in total. The molecule has 1 rings (SSSR count). The predicted octanol–water partition coefficient (Wildman–Crippen LogP) is 2.34. The number of piperidine rings is 1. The lowest BCUT2D eigenvalue weighted by Crippen LogP contribution is -2.58. The average Bonchev–Trinajstić information content (AvgIpc) is 2.03. The molecule has 1 saturated heterocycles. The van der Waals surface area contributed by atoms with Crippen molar-refractivity contribution in [2.45, 2.75) is 52.5 Å². The monoisotopic (exact) mass is 183 g/mol. The summed E-state index contributed by atoms with van der Waals surface area (Å²) in [6, 6.07) is 0. The molecule has 1 heterocycles. The third kappa shape index (κ3) is 1.87. The van der Waals surface area contributed by atoms with Crippen LogP contribution < -0.4 is 5.32 Å². The molecule has 0 saturated carbocycles. The molecule has 2 nitrogen and oxygen atoms in total. The largest absolute Gasteiger partial charge is 0.350 e. The SMILES string of the molecule is CC(C)C1(C(C)C)CCCC(=O)N1. The van der Waals surface area contributed by atoms with E-state index in [0.717, 1.165) is 12.8 Å². The topological polar surface area (TPSA) is 29.1 Å². The van der Waals surface area contributed by atoms with Gasteiger partial charge in [0.1, 0.15) is 0 Å². The van der Waals surface area contributed by atoms with Gasteiger partial charge in [-0.15, -0.1) is 0 Å². The van der Waals surface area contributed by atoms with Crippen LogP contribution in [0.2, 0.25) is 0 Å². The molecule has 1 amide bonds. The van der Waals surface area contributed by atoms with Crippen molar-refractivity contribution in [3.63, 3.8) is 0 Å². The van der Waals surface area contributed by atoms with Crippen LogP contribution >= 0.6 is 0 Å². The van der Waals surface area contributed by atoms with Crippen LogP contribution in [0, 0.1) is 11.8 Å². The van der Waals surface area contributed by atoms with Gasteiger partial charge < -0.3 is 5.32 Å². The number of hydrogen-bond donors (Lipinski definition) is 1. The quantitative estimate of drug-likeness (QED) is 0.699. The number of amides is 1. The first kappa shape index (κ1) is 10.6. The Balaban J connectivity index is 2.83. The van der Waals surface area contributed by atoms with Gasteiger partial charge in [-0.1, -0.05) is 27.7 Å². The summed E-state index contributed by atoms with van der Waals surface area (Å²) in [5.41, 5.74) is 0.0509. The van der Waals surface area contributed by atoms with Crippen LogP contribution in [0.1, 0.15) is 47.0 Å². The van der Waals surface area contributed by atoms with Crippen molar-refractivity contribution in [3.8, 4) is 0 Å². The summed E-state index contributed by atoms with van der Waals surface area (Å²) < 4.78 is 0. The van der Waals surface area contributed by atoms with Crippen LogP contribution in [0.25, 0.3) is 0 Å². The molecule has 0 aromatic carbocycles. The fourth-order valence-electron chi connectivity index (χ4n) is 2.46. The predicted molar refractivity (Wildman–Crippen MR) is 54.4 cm³/mol. The maximum atomic E-state index is 11.4. The van der Waals surface area contributed by atoms with Gasteiger partial charge >= 0.3 is 0 Å². The van der Waals surface area contributed by atoms with E-state index in [1.54, 1.807) is 0 Å². The van der Waals surface area contributed by atoms with Gasteiger partial charge in [0.2, 0.25) is 5.91 Å². The van der Waals surface area contributed by atoms with E-state index >= 15 is 0 Å². The summed E-state index contributed by atoms with van der Waals surface area (Å²) in [6.45, 7) is 8.80. The number of nitrogens with one attached hydrogen (secondary N) is 1. The zero-order chi connectivity index (χ0) is 10.1. The Labute approximate surface area is 81.1 Å². The lowest BCUT2D eigenvalue weighted by molar-refractivity contribution is -0.127. The third-order valence-electron chi connectivity index (χ3n) is 3.43. The molecule has 2 heteroatoms. The first-order chi connectivity index (χ1) is 5.99. The highest BCUT2D eigenvalue weighted by Crippen LogP contribution is 2.34. The summed E-state index contributed by atoms with van der Waals surface area (Å²) in [4.78, 5) is 11.4. The molecule has 0 spiro atoms. The van der Waals surface area contributed by atoms with Gasteiger partial charge in [0, 0.05) is 12.0 Å². The first-order valence-corrected chi connectivity index (χ1v) is 5.30. The van der Waals surface area contributed by atoms with Gasteiger partial charge in [-0.2, -0.15) is 0 Å². The minimum absolute atomic E-state index is 0.0509. The second-order valence-electron chi connectivity index (χ2n) is 4.75. The van der Waals surface area contributed by atoms with Gasteiger partial charge in [0.25, 0.3) is 0 Å². The van der Waals surface area contributed by atoms with E-state index in [9.17, 15) is 4.79 Å². The van der Waals surface area contributed by atoms with Crippen molar-refractivity contribution in [3.05, 3.63) is 0 Å². The Morgan fingerprint density at radius 2 is 1.77 bits per heavy atom. The zero-order valence-electron chi connectivity index (χ0n) is 9.18. The second-order valence-corrected chi connectivity index (χ2v) is 4.75. The van der Waals surface area contributed by atoms with Gasteiger partial charge in [0.05, 0.1) is 0 Å². The third-order valence-corrected chi connectivity index (χ3v) is 3.43. The second kappa shape index (κ2) is 3.69. The minimum atomic E-state index is 0.0509. The fraction of sp³-hybridized carbons (Fsp3) is 0.909. The normalized spacial score (nSPS) is 22.2. The van der Waals surface area contributed by atoms with Crippen LogP contribution in [0.4, 0.5) is 0 Å².